The normalized spacial score (nSPS) is 13.8. The predicted octanol–water partition coefficient (Wildman–Crippen LogP) is -0.450. The molecule has 5 heteroatoms. The van der Waals surface area contributed by atoms with E-state index in [0.29, 0.717) is 19.9 Å². The summed E-state index contributed by atoms with van der Waals surface area (Å²) in [7, 11) is 0. The molecule has 1 N–H and O–H groups in total. The predicted molar refractivity (Wildman–Crippen MR) is 40.8 cm³/mol. The van der Waals surface area contributed by atoms with E-state index in [1.807, 2.05) is 0 Å². The maximum absolute atomic E-state index is 10.8. The number of hydroxylamine groups is 2. The van der Waals surface area contributed by atoms with E-state index in [1.165, 1.54) is 5.06 Å². The van der Waals surface area contributed by atoms with Crippen molar-refractivity contribution < 1.29 is 14.4 Å². The molecule has 1 saturated heterocycles. The summed E-state index contributed by atoms with van der Waals surface area (Å²) in [6, 6.07) is -0.237. The van der Waals surface area contributed by atoms with Crippen LogP contribution in [0.15, 0.2) is 0 Å². The van der Waals surface area contributed by atoms with Crippen LogP contribution in [0, 0.1) is 12.3 Å². The molecule has 0 bridgehead atoms. The Kier molecular flexibility index (Phi) is 3.38. The van der Waals surface area contributed by atoms with Crippen molar-refractivity contribution in [1.29, 1.82) is 0 Å². The molecule has 0 aliphatic carbocycles. The third-order valence-corrected chi connectivity index (χ3v) is 1.19. The van der Waals surface area contributed by atoms with Gasteiger partial charge in [-0.25, -0.2) is 9.63 Å². The van der Waals surface area contributed by atoms with E-state index < -0.39 is 0 Å². The van der Waals surface area contributed by atoms with Crippen LogP contribution < -0.4 is 5.32 Å². The third-order valence-electron chi connectivity index (χ3n) is 1.19. The highest BCUT2D eigenvalue weighted by Crippen LogP contribution is 2.04. The van der Waals surface area contributed by atoms with Gasteiger partial charge in [-0.2, -0.15) is 5.06 Å². The Morgan fingerprint density at radius 1 is 1.83 bits per heavy atom. The molecular formula is C7H10N2O3. The van der Waals surface area contributed by atoms with Gasteiger partial charge in [-0.05, 0) is 0 Å². The zero-order valence-electron chi connectivity index (χ0n) is 6.58. The van der Waals surface area contributed by atoms with E-state index in [2.05, 4.69) is 16.1 Å². The number of amides is 2. The quantitative estimate of drug-likeness (QED) is 0.353. The van der Waals surface area contributed by atoms with Gasteiger partial charge in [0.1, 0.15) is 6.61 Å². The summed E-state index contributed by atoms with van der Waals surface area (Å²) in [4.78, 5) is 15.4. The molecule has 1 rings (SSSR count). The SMILES string of the molecule is C#CCOCCNC(=O)N1CO1. The minimum Gasteiger partial charge on any atom is -0.367 e. The number of carbonyl (C=O) groups is 1. The first-order valence-corrected chi connectivity index (χ1v) is 3.54. The van der Waals surface area contributed by atoms with E-state index >= 15 is 0 Å². The van der Waals surface area contributed by atoms with Gasteiger partial charge in [0, 0.05) is 6.54 Å². The minimum absolute atomic E-state index is 0.237. The topological polar surface area (TPSA) is 53.9 Å². The number of nitrogens with one attached hydrogen (secondary N) is 1. The third kappa shape index (κ3) is 3.23. The first kappa shape index (κ1) is 8.84. The van der Waals surface area contributed by atoms with Crippen molar-refractivity contribution in [1.82, 2.24) is 10.4 Å². The lowest BCUT2D eigenvalue weighted by molar-refractivity contribution is 0.155. The molecule has 0 aromatic rings. The van der Waals surface area contributed by atoms with Gasteiger partial charge >= 0.3 is 6.03 Å². The second kappa shape index (κ2) is 4.59. The number of ether oxygens (including phenoxy) is 1. The highest BCUT2D eigenvalue weighted by atomic mass is 16.8. The highest BCUT2D eigenvalue weighted by molar-refractivity contribution is 5.73. The van der Waals surface area contributed by atoms with Gasteiger partial charge in [-0.1, -0.05) is 5.92 Å². The largest absolute Gasteiger partial charge is 0.367 e. The molecule has 1 heterocycles. The molecule has 0 saturated carbocycles. The van der Waals surface area contributed by atoms with Crippen LogP contribution in [0.25, 0.3) is 0 Å². The number of rotatable bonds is 4. The molecule has 0 spiro atoms. The molecule has 0 atom stereocenters. The van der Waals surface area contributed by atoms with Crippen LogP contribution in [0.1, 0.15) is 0 Å². The Morgan fingerprint density at radius 2 is 2.58 bits per heavy atom. The van der Waals surface area contributed by atoms with Crippen LogP contribution in [-0.4, -0.2) is 37.6 Å². The van der Waals surface area contributed by atoms with E-state index in [1.54, 1.807) is 0 Å². The lowest BCUT2D eigenvalue weighted by atomic mass is 10.6. The molecule has 12 heavy (non-hydrogen) atoms. The molecule has 66 valence electrons. The first-order chi connectivity index (χ1) is 5.84. The maximum Gasteiger partial charge on any atom is 0.343 e. The number of hydrogen-bond donors (Lipinski definition) is 1. The van der Waals surface area contributed by atoms with E-state index in [0.717, 1.165) is 0 Å². The first-order valence-electron chi connectivity index (χ1n) is 3.54. The van der Waals surface area contributed by atoms with Gasteiger partial charge in [0.25, 0.3) is 0 Å². The fourth-order valence-corrected chi connectivity index (χ4v) is 0.596. The monoisotopic (exact) mass is 170 g/mol. The molecule has 1 fully saturated rings. The number of nitrogens with zero attached hydrogens (tertiary/aromatic N) is 1. The van der Waals surface area contributed by atoms with Crippen molar-refractivity contribution in [3.63, 3.8) is 0 Å². The molecule has 0 aromatic heterocycles. The molecule has 5 nitrogen and oxygen atoms in total. The standard InChI is InChI=1S/C7H10N2O3/c1-2-4-11-5-3-8-7(10)9-6-12-9/h1H,3-6H2,(H,8,10). The second-order valence-corrected chi connectivity index (χ2v) is 2.13. The van der Waals surface area contributed by atoms with Crippen LogP contribution in [0.3, 0.4) is 0 Å². The van der Waals surface area contributed by atoms with E-state index in [-0.39, 0.29) is 12.6 Å². The summed E-state index contributed by atoms with van der Waals surface area (Å²) in [6.45, 7) is 1.51. The molecule has 0 unspecified atom stereocenters. The van der Waals surface area contributed by atoms with Crippen molar-refractivity contribution in [2.24, 2.45) is 0 Å². The smallest absolute Gasteiger partial charge is 0.343 e. The van der Waals surface area contributed by atoms with Crippen LogP contribution in [0.4, 0.5) is 4.79 Å². The summed E-state index contributed by atoms with van der Waals surface area (Å²) >= 11 is 0. The van der Waals surface area contributed by atoms with E-state index in [9.17, 15) is 4.79 Å². The molecular weight excluding hydrogens is 160 g/mol. The number of urea groups is 1. The molecule has 1 aliphatic rings. The summed E-state index contributed by atoms with van der Waals surface area (Å²) < 4.78 is 4.92. The van der Waals surface area contributed by atoms with Crippen LogP contribution in [-0.2, 0) is 9.57 Å². The van der Waals surface area contributed by atoms with Gasteiger partial charge in [0.2, 0.25) is 0 Å². The Morgan fingerprint density at radius 3 is 3.17 bits per heavy atom. The number of carbonyl (C=O) groups excluding carboxylic acids is 1. The van der Waals surface area contributed by atoms with Crippen molar-refractivity contribution in [3.8, 4) is 12.3 Å². The Hall–Kier alpha value is -1.25. The summed E-state index contributed by atoms with van der Waals surface area (Å²) in [6.07, 6.45) is 4.94. The van der Waals surface area contributed by atoms with Gasteiger partial charge in [0.15, 0.2) is 6.73 Å². The summed E-state index contributed by atoms with van der Waals surface area (Å²) in [5.41, 5.74) is 0. The van der Waals surface area contributed by atoms with Gasteiger partial charge < -0.3 is 10.1 Å². The van der Waals surface area contributed by atoms with Crippen molar-refractivity contribution in [2.45, 2.75) is 0 Å². The van der Waals surface area contributed by atoms with Crippen molar-refractivity contribution in [3.05, 3.63) is 0 Å². The zero-order valence-corrected chi connectivity index (χ0v) is 6.58. The van der Waals surface area contributed by atoms with Crippen LogP contribution in [0.5, 0.6) is 0 Å². The highest BCUT2D eigenvalue weighted by Gasteiger charge is 2.25. The van der Waals surface area contributed by atoms with Crippen molar-refractivity contribution in [2.75, 3.05) is 26.5 Å². The Balaban J connectivity index is 1.88. The fourth-order valence-electron chi connectivity index (χ4n) is 0.596. The minimum atomic E-state index is -0.237. The number of terminal acetylenes is 1. The lowest BCUT2D eigenvalue weighted by Gasteiger charge is -2.02. The lowest BCUT2D eigenvalue weighted by Crippen LogP contribution is -2.31. The number of hydrogen-bond acceptors (Lipinski definition) is 3. The zero-order chi connectivity index (χ0) is 8.81. The average Bonchev–Trinajstić information content (AvgIpc) is 2.86. The van der Waals surface area contributed by atoms with Gasteiger partial charge in [0.05, 0.1) is 6.61 Å². The Bertz CT molecular complexity index is 195. The van der Waals surface area contributed by atoms with Crippen LogP contribution >= 0.6 is 0 Å². The summed E-state index contributed by atoms with van der Waals surface area (Å²) in [5.74, 6) is 2.32. The van der Waals surface area contributed by atoms with Crippen molar-refractivity contribution >= 4 is 6.03 Å². The summed E-state index contributed by atoms with van der Waals surface area (Å²) in [5, 5.41) is 3.78. The molecule has 1 aliphatic heterocycles. The molecule has 0 radical (unpaired) electrons. The fraction of sp³-hybridized carbons (Fsp3) is 0.571. The Labute approximate surface area is 70.6 Å². The van der Waals surface area contributed by atoms with E-state index in [4.69, 9.17) is 11.2 Å². The second-order valence-electron chi connectivity index (χ2n) is 2.13. The molecule has 0 aromatic carbocycles. The van der Waals surface area contributed by atoms with Gasteiger partial charge in [-0.3, -0.25) is 0 Å². The van der Waals surface area contributed by atoms with Gasteiger partial charge in [-0.15, -0.1) is 6.42 Å². The molecule has 2 amide bonds. The average molecular weight is 170 g/mol. The van der Waals surface area contributed by atoms with Crippen LogP contribution in [0.2, 0.25) is 0 Å². The maximum atomic E-state index is 10.8.